The van der Waals surface area contributed by atoms with E-state index in [9.17, 15) is 14.3 Å². The van der Waals surface area contributed by atoms with Gasteiger partial charge in [-0.15, -0.1) is 0 Å². The summed E-state index contributed by atoms with van der Waals surface area (Å²) in [6.45, 7) is 4.78. The fourth-order valence-corrected chi connectivity index (χ4v) is 6.87. The summed E-state index contributed by atoms with van der Waals surface area (Å²) in [6, 6.07) is 0. The molecule has 326 valence electrons. The van der Waals surface area contributed by atoms with Crippen LogP contribution in [-0.4, -0.2) is 49.9 Å². The highest BCUT2D eigenvalue weighted by Crippen LogP contribution is 2.43. The van der Waals surface area contributed by atoms with Gasteiger partial charge in [-0.25, -0.2) is 4.57 Å². The normalized spacial score (nSPS) is 14.0. The monoisotopic (exact) mass is 808 g/mol. The van der Waals surface area contributed by atoms with Gasteiger partial charge in [0.1, 0.15) is 6.10 Å². The van der Waals surface area contributed by atoms with Gasteiger partial charge in [0.05, 0.1) is 19.8 Å². The molecule has 0 fully saturated rings. The number of unbranched alkanes of at least 4 members (excludes halogenated alkanes) is 20. The van der Waals surface area contributed by atoms with E-state index in [-0.39, 0.29) is 32.3 Å². The molecule has 0 amide bonds. The Bertz CT molecular complexity index is 1040. The minimum Gasteiger partial charge on any atom is -0.457 e. The van der Waals surface area contributed by atoms with E-state index in [0.717, 1.165) is 70.6 Å². The Morgan fingerprint density at radius 2 is 1.00 bits per heavy atom. The van der Waals surface area contributed by atoms with Crippen LogP contribution in [0.1, 0.15) is 194 Å². The third kappa shape index (κ3) is 43.3. The first kappa shape index (κ1) is 54.2. The summed E-state index contributed by atoms with van der Waals surface area (Å²) in [7, 11) is -4.28. The molecular formula is C47H86NO7P. The average molecular weight is 808 g/mol. The first-order chi connectivity index (χ1) is 27.4. The maximum Gasteiger partial charge on any atom is 0.472 e. The molecule has 0 aliphatic heterocycles. The third-order valence-corrected chi connectivity index (χ3v) is 10.4. The minimum atomic E-state index is -4.28. The third-order valence-electron chi connectivity index (χ3n) is 9.42. The standard InChI is InChI=1S/C47H86NO7P/c1-3-5-7-9-11-13-15-17-18-19-20-21-22-23-24-25-26-27-29-31-33-35-37-39-42-52-44-46(45-54-56(50,51)53-43-41-48)55-47(49)40-38-36-34-32-30-28-16-14-12-10-8-6-4-2/h5,7,11,13-14,16-18,20-21,46H,3-4,6,8-10,12,15,19,22-45,48H2,1-2H3,(H,50,51)/b7-5-,13-11-,16-14-,18-17-,21-20-. The largest absolute Gasteiger partial charge is 0.472 e. The Morgan fingerprint density at radius 3 is 1.52 bits per heavy atom. The number of ether oxygens (including phenoxy) is 2. The van der Waals surface area contributed by atoms with Crippen molar-refractivity contribution in [1.29, 1.82) is 0 Å². The highest BCUT2D eigenvalue weighted by atomic mass is 31.2. The molecule has 8 nitrogen and oxygen atoms in total. The molecule has 0 saturated carbocycles. The first-order valence-corrected chi connectivity index (χ1v) is 24.3. The van der Waals surface area contributed by atoms with Crippen molar-refractivity contribution in [3.63, 3.8) is 0 Å². The lowest BCUT2D eigenvalue weighted by Gasteiger charge is -2.20. The summed E-state index contributed by atoms with van der Waals surface area (Å²) in [5, 5.41) is 0. The quantitative estimate of drug-likeness (QED) is 0.0271. The van der Waals surface area contributed by atoms with Crippen LogP contribution in [0.5, 0.6) is 0 Å². The van der Waals surface area contributed by atoms with E-state index in [2.05, 4.69) is 74.6 Å². The van der Waals surface area contributed by atoms with E-state index in [1.807, 2.05) is 0 Å². The number of allylic oxidation sites excluding steroid dienone is 10. The van der Waals surface area contributed by atoms with Crippen LogP contribution in [0.3, 0.4) is 0 Å². The Kier molecular flexibility index (Phi) is 42.9. The Hall–Kier alpha value is -1.80. The number of rotatable bonds is 43. The molecule has 2 unspecified atom stereocenters. The van der Waals surface area contributed by atoms with Gasteiger partial charge in [0.15, 0.2) is 0 Å². The average Bonchev–Trinajstić information content (AvgIpc) is 3.19. The topological polar surface area (TPSA) is 117 Å². The van der Waals surface area contributed by atoms with Gasteiger partial charge in [0, 0.05) is 19.6 Å². The zero-order valence-electron chi connectivity index (χ0n) is 36.1. The lowest BCUT2D eigenvalue weighted by Crippen LogP contribution is -2.28. The van der Waals surface area contributed by atoms with Crippen molar-refractivity contribution in [3.05, 3.63) is 60.8 Å². The molecule has 0 aliphatic carbocycles. The maximum atomic E-state index is 12.6. The second-order valence-electron chi connectivity index (χ2n) is 14.9. The SMILES string of the molecule is CC/C=C\C/C=C\C/C=C\C/C=C\CCCCCCCCCCCCCOCC(COP(=O)(O)OCCN)OC(=O)CCCCCCC/C=C\CCCCCC. The molecule has 2 atom stereocenters. The van der Waals surface area contributed by atoms with Crippen LogP contribution in [0, 0.1) is 0 Å². The number of nitrogens with two attached hydrogens (primary N) is 1. The van der Waals surface area contributed by atoms with E-state index < -0.39 is 13.9 Å². The van der Waals surface area contributed by atoms with Crippen LogP contribution < -0.4 is 5.73 Å². The van der Waals surface area contributed by atoms with Gasteiger partial charge in [-0.05, 0) is 77.0 Å². The smallest absolute Gasteiger partial charge is 0.457 e. The number of esters is 1. The van der Waals surface area contributed by atoms with E-state index in [1.54, 1.807) is 0 Å². The number of phosphoric ester groups is 1. The minimum absolute atomic E-state index is 0.0967. The molecule has 0 bridgehead atoms. The number of carbonyl (C=O) groups is 1. The van der Waals surface area contributed by atoms with Crippen molar-refractivity contribution in [2.24, 2.45) is 5.73 Å². The summed E-state index contributed by atoms with van der Waals surface area (Å²) in [5.74, 6) is -0.342. The molecule has 0 aromatic heterocycles. The molecule has 0 spiro atoms. The number of phosphoric acid groups is 1. The summed E-state index contributed by atoms with van der Waals surface area (Å²) in [4.78, 5) is 22.5. The van der Waals surface area contributed by atoms with Crippen LogP contribution in [-0.2, 0) is 27.9 Å². The van der Waals surface area contributed by atoms with Crippen LogP contribution in [0.2, 0.25) is 0 Å². The molecule has 0 aromatic rings. The van der Waals surface area contributed by atoms with Gasteiger partial charge >= 0.3 is 13.8 Å². The lowest BCUT2D eigenvalue weighted by molar-refractivity contribution is -0.154. The van der Waals surface area contributed by atoms with Crippen molar-refractivity contribution >= 4 is 13.8 Å². The highest BCUT2D eigenvalue weighted by Gasteiger charge is 2.25. The summed E-state index contributed by atoms with van der Waals surface area (Å²) in [5.41, 5.74) is 5.37. The van der Waals surface area contributed by atoms with Gasteiger partial charge in [0.2, 0.25) is 0 Å². The summed E-state index contributed by atoms with van der Waals surface area (Å²) in [6.07, 6.45) is 53.9. The van der Waals surface area contributed by atoms with Gasteiger partial charge in [-0.2, -0.15) is 0 Å². The number of hydrogen-bond donors (Lipinski definition) is 2. The molecule has 9 heteroatoms. The Labute approximate surface area is 344 Å². The fourth-order valence-electron chi connectivity index (χ4n) is 6.10. The molecular weight excluding hydrogens is 721 g/mol. The number of carbonyl (C=O) groups excluding carboxylic acids is 1. The Morgan fingerprint density at radius 1 is 0.554 bits per heavy atom. The second kappa shape index (κ2) is 44.3. The van der Waals surface area contributed by atoms with Crippen molar-refractivity contribution in [2.75, 3.05) is 33.0 Å². The highest BCUT2D eigenvalue weighted by molar-refractivity contribution is 7.47. The van der Waals surface area contributed by atoms with Crippen LogP contribution in [0.25, 0.3) is 0 Å². The molecule has 56 heavy (non-hydrogen) atoms. The van der Waals surface area contributed by atoms with E-state index in [4.69, 9.17) is 24.3 Å². The van der Waals surface area contributed by atoms with Crippen molar-refractivity contribution in [3.8, 4) is 0 Å². The molecule has 0 aliphatic rings. The summed E-state index contributed by atoms with van der Waals surface area (Å²) >= 11 is 0. The maximum absolute atomic E-state index is 12.6. The van der Waals surface area contributed by atoms with Gasteiger partial charge in [-0.3, -0.25) is 13.8 Å². The lowest BCUT2D eigenvalue weighted by atomic mass is 10.1. The van der Waals surface area contributed by atoms with E-state index in [1.165, 1.54) is 103 Å². The van der Waals surface area contributed by atoms with Gasteiger partial charge in [0.25, 0.3) is 0 Å². The van der Waals surface area contributed by atoms with E-state index >= 15 is 0 Å². The predicted octanol–water partition coefficient (Wildman–Crippen LogP) is 13.8. The summed E-state index contributed by atoms with van der Waals surface area (Å²) < 4.78 is 33.4. The zero-order chi connectivity index (χ0) is 40.9. The van der Waals surface area contributed by atoms with Crippen LogP contribution >= 0.6 is 7.82 Å². The van der Waals surface area contributed by atoms with Crippen LogP contribution in [0.4, 0.5) is 0 Å². The van der Waals surface area contributed by atoms with Gasteiger partial charge in [-0.1, -0.05) is 171 Å². The van der Waals surface area contributed by atoms with Crippen molar-refractivity contribution in [2.45, 2.75) is 200 Å². The van der Waals surface area contributed by atoms with Gasteiger partial charge < -0.3 is 20.1 Å². The molecule has 0 rings (SSSR count). The van der Waals surface area contributed by atoms with Crippen molar-refractivity contribution < 1.29 is 32.8 Å². The van der Waals surface area contributed by atoms with E-state index in [0.29, 0.717) is 13.0 Å². The molecule has 0 aromatic carbocycles. The molecule has 0 radical (unpaired) electrons. The molecule has 0 heterocycles. The van der Waals surface area contributed by atoms with Crippen molar-refractivity contribution in [1.82, 2.24) is 0 Å². The molecule has 3 N–H and O–H groups in total. The fraction of sp³-hybridized carbons (Fsp3) is 0.766. The first-order valence-electron chi connectivity index (χ1n) is 22.8. The predicted molar refractivity (Wildman–Crippen MR) is 238 cm³/mol. The van der Waals surface area contributed by atoms with Crippen LogP contribution in [0.15, 0.2) is 60.8 Å². The second-order valence-corrected chi connectivity index (χ2v) is 16.3. The Balaban J connectivity index is 3.96. The number of hydrogen-bond acceptors (Lipinski definition) is 7. The molecule has 0 saturated heterocycles. The zero-order valence-corrected chi connectivity index (χ0v) is 37.0.